The molecular formula is C25H27OTi. The minimum absolute atomic E-state index is 0.153. The zero-order chi connectivity index (χ0) is 19.5. The Bertz CT molecular complexity index is 866. The average molecular weight is 391 g/mol. The second-order valence-electron chi connectivity index (χ2n) is 6.53. The summed E-state index contributed by atoms with van der Waals surface area (Å²) in [4.78, 5) is 0. The zero-order valence-electron chi connectivity index (χ0n) is 16.4. The SMILES string of the molecule is C=CC(=COc1cccc(C)c1)c1ccccc1.C[C](C)=[Ti][C]1=CC=CC1. The molecule has 2 aromatic rings. The zero-order valence-corrected chi connectivity index (χ0v) is 18.0. The Kier molecular flexibility index (Phi) is 8.97. The number of hydrogen-bond donors (Lipinski definition) is 0. The molecule has 0 saturated heterocycles. The van der Waals surface area contributed by atoms with E-state index >= 15 is 0 Å². The first-order chi connectivity index (χ1) is 13.1. The van der Waals surface area contributed by atoms with E-state index in [-0.39, 0.29) is 18.7 Å². The van der Waals surface area contributed by atoms with Crippen LogP contribution in [0.5, 0.6) is 5.75 Å². The summed E-state index contributed by atoms with van der Waals surface area (Å²) in [6, 6.07) is 18.0. The van der Waals surface area contributed by atoms with Gasteiger partial charge >= 0.3 is 64.9 Å². The van der Waals surface area contributed by atoms with Crippen LogP contribution in [-0.4, -0.2) is 3.81 Å². The van der Waals surface area contributed by atoms with Gasteiger partial charge in [-0.1, -0.05) is 55.1 Å². The summed E-state index contributed by atoms with van der Waals surface area (Å²) in [6.45, 7) is 10.3. The van der Waals surface area contributed by atoms with Crippen LogP contribution in [0.25, 0.3) is 5.57 Å². The van der Waals surface area contributed by atoms with Crippen LogP contribution in [0.3, 0.4) is 0 Å². The van der Waals surface area contributed by atoms with Crippen LogP contribution in [0, 0.1) is 6.92 Å². The van der Waals surface area contributed by atoms with E-state index in [0.29, 0.717) is 0 Å². The van der Waals surface area contributed by atoms with Gasteiger partial charge in [-0.05, 0) is 30.2 Å². The van der Waals surface area contributed by atoms with E-state index in [1.807, 2.05) is 61.5 Å². The molecule has 0 unspecified atom stereocenters. The minimum atomic E-state index is 0.153. The maximum absolute atomic E-state index is 5.66. The van der Waals surface area contributed by atoms with E-state index < -0.39 is 0 Å². The Labute approximate surface area is 172 Å². The fourth-order valence-corrected chi connectivity index (χ4v) is 4.17. The van der Waals surface area contributed by atoms with Crippen LogP contribution in [0.2, 0.25) is 0 Å². The molecule has 0 N–H and O–H groups in total. The first-order valence-corrected chi connectivity index (χ1v) is 10.7. The van der Waals surface area contributed by atoms with Crippen molar-refractivity contribution >= 4 is 9.38 Å². The van der Waals surface area contributed by atoms with E-state index in [1.54, 1.807) is 20.0 Å². The van der Waals surface area contributed by atoms with Crippen molar-refractivity contribution in [1.82, 2.24) is 0 Å². The molecule has 0 aromatic heterocycles. The summed E-state index contributed by atoms with van der Waals surface area (Å²) in [7, 11) is 0. The van der Waals surface area contributed by atoms with Crippen LogP contribution in [0.15, 0.2) is 95.6 Å². The Balaban J connectivity index is 0.000000244. The topological polar surface area (TPSA) is 9.23 Å². The summed E-state index contributed by atoms with van der Waals surface area (Å²) in [5, 5.41) is 0. The Morgan fingerprint density at radius 3 is 2.44 bits per heavy atom. The molecule has 0 aliphatic heterocycles. The summed E-state index contributed by atoms with van der Waals surface area (Å²) in [5.41, 5.74) is 3.25. The van der Waals surface area contributed by atoms with E-state index in [9.17, 15) is 0 Å². The Morgan fingerprint density at radius 1 is 1.07 bits per heavy atom. The van der Waals surface area contributed by atoms with Gasteiger partial charge in [-0.3, -0.25) is 0 Å². The number of aryl methyl sites for hydroxylation is 1. The third-order valence-electron chi connectivity index (χ3n) is 3.82. The average Bonchev–Trinajstić information content (AvgIpc) is 3.16. The van der Waals surface area contributed by atoms with Gasteiger partial charge in [0.25, 0.3) is 0 Å². The normalized spacial score (nSPS) is 12.4. The van der Waals surface area contributed by atoms with Gasteiger partial charge in [0.1, 0.15) is 5.75 Å². The van der Waals surface area contributed by atoms with Crippen molar-refractivity contribution < 1.29 is 23.4 Å². The first kappa shape index (κ1) is 21.1. The molecule has 0 radical (unpaired) electrons. The third-order valence-corrected chi connectivity index (χ3v) is 5.68. The molecule has 1 aliphatic rings. The van der Waals surface area contributed by atoms with Crippen molar-refractivity contribution in [2.24, 2.45) is 0 Å². The van der Waals surface area contributed by atoms with Gasteiger partial charge in [-0.25, -0.2) is 0 Å². The second kappa shape index (κ2) is 11.5. The van der Waals surface area contributed by atoms with Crippen molar-refractivity contribution in [3.8, 4) is 5.75 Å². The van der Waals surface area contributed by atoms with Crippen molar-refractivity contribution in [2.45, 2.75) is 27.2 Å². The summed E-state index contributed by atoms with van der Waals surface area (Å²) < 4.78 is 8.97. The van der Waals surface area contributed by atoms with Crippen LogP contribution < -0.4 is 4.74 Å². The summed E-state index contributed by atoms with van der Waals surface area (Å²) in [5.74, 6) is 0.838. The maximum atomic E-state index is 5.66. The van der Waals surface area contributed by atoms with Crippen LogP contribution in [0.4, 0.5) is 0 Å². The van der Waals surface area contributed by atoms with Gasteiger partial charge in [0.15, 0.2) is 0 Å². The molecule has 0 amide bonds. The van der Waals surface area contributed by atoms with E-state index in [0.717, 1.165) is 16.9 Å². The standard InChI is InChI=1S/C17H16O.C5H5.C3H6.Ti/c1-3-15(16-9-5-4-6-10-16)13-18-17-11-7-8-14(2)12-17;1-2-4-5-3-1;1-3-2;/h3-13H,1H2,2H3;1-3H,4H2;1-2H3;. The van der Waals surface area contributed by atoms with Crippen molar-refractivity contribution in [3.63, 3.8) is 0 Å². The Hall–Kier alpha value is -2.22. The number of rotatable bonds is 5. The van der Waals surface area contributed by atoms with Crippen LogP contribution in [-0.2, 0) is 18.7 Å². The molecule has 0 heterocycles. The van der Waals surface area contributed by atoms with Crippen molar-refractivity contribution in [2.75, 3.05) is 0 Å². The van der Waals surface area contributed by atoms with Gasteiger partial charge in [0.2, 0.25) is 0 Å². The molecule has 27 heavy (non-hydrogen) atoms. The molecule has 1 nitrogen and oxygen atoms in total. The van der Waals surface area contributed by atoms with E-state index in [2.05, 4.69) is 38.7 Å². The number of ether oxygens (including phenoxy) is 1. The molecule has 3 rings (SSSR count). The van der Waals surface area contributed by atoms with Crippen molar-refractivity contribution in [3.05, 3.63) is 107 Å². The van der Waals surface area contributed by atoms with Gasteiger partial charge in [0.05, 0.1) is 6.26 Å². The first-order valence-electron chi connectivity index (χ1n) is 9.12. The van der Waals surface area contributed by atoms with Gasteiger partial charge in [-0.15, -0.1) is 0 Å². The fourth-order valence-electron chi connectivity index (χ4n) is 2.55. The molecule has 0 atom stereocenters. The predicted octanol–water partition coefficient (Wildman–Crippen LogP) is 6.73. The monoisotopic (exact) mass is 391 g/mol. The third kappa shape index (κ3) is 7.91. The fraction of sp³-hybridized carbons (Fsp3) is 0.160. The molecule has 0 bridgehead atoms. The van der Waals surface area contributed by atoms with Crippen LogP contribution in [0.1, 0.15) is 31.4 Å². The van der Waals surface area contributed by atoms with Gasteiger partial charge < -0.3 is 4.74 Å². The predicted molar refractivity (Wildman–Crippen MR) is 115 cm³/mol. The molecule has 2 heteroatoms. The molecule has 2 aromatic carbocycles. The number of benzene rings is 2. The Morgan fingerprint density at radius 2 is 1.85 bits per heavy atom. The van der Waals surface area contributed by atoms with E-state index in [1.165, 1.54) is 12.0 Å². The molecule has 0 fully saturated rings. The van der Waals surface area contributed by atoms with Gasteiger partial charge in [0, 0.05) is 5.57 Å². The number of allylic oxidation sites excluding steroid dienone is 6. The van der Waals surface area contributed by atoms with Crippen molar-refractivity contribution in [1.29, 1.82) is 0 Å². The summed E-state index contributed by atoms with van der Waals surface area (Å²) >= 11 is 0.153. The molecule has 0 spiro atoms. The quantitative estimate of drug-likeness (QED) is 0.312. The van der Waals surface area contributed by atoms with E-state index in [4.69, 9.17) is 4.74 Å². The number of hydrogen-bond acceptors (Lipinski definition) is 1. The molecular weight excluding hydrogens is 364 g/mol. The van der Waals surface area contributed by atoms with Crippen LogP contribution >= 0.6 is 0 Å². The summed E-state index contributed by atoms with van der Waals surface area (Å²) in [6.07, 6.45) is 11.4. The molecule has 137 valence electrons. The second-order valence-corrected chi connectivity index (χ2v) is 9.48. The molecule has 1 aliphatic carbocycles. The van der Waals surface area contributed by atoms with Gasteiger partial charge in [-0.2, -0.15) is 0 Å². The molecule has 0 saturated carbocycles.